The van der Waals surface area contributed by atoms with Gasteiger partial charge in [-0.3, -0.25) is 10.1 Å². The molecular weight excluding hydrogens is 378 g/mol. The molecule has 2 aromatic rings. The zero-order valence-corrected chi connectivity index (χ0v) is 13.6. The van der Waals surface area contributed by atoms with Gasteiger partial charge in [-0.25, -0.2) is 13.6 Å². The van der Waals surface area contributed by atoms with Crippen molar-refractivity contribution in [1.29, 1.82) is 0 Å². The Labute approximate surface area is 134 Å². The summed E-state index contributed by atoms with van der Waals surface area (Å²) in [4.78, 5) is 9.73. The van der Waals surface area contributed by atoms with Gasteiger partial charge in [0.25, 0.3) is 5.69 Å². The molecule has 0 unspecified atom stereocenters. The Morgan fingerprint density at radius 3 is 2.59 bits per heavy atom. The molecule has 0 aliphatic heterocycles. The Morgan fingerprint density at radius 2 is 2.05 bits per heavy atom. The number of nitrogens with two attached hydrogens (primary N) is 1. The first-order valence-corrected chi connectivity index (χ1v) is 8.40. The first kappa shape index (κ1) is 16.5. The average molecular weight is 390 g/mol. The van der Waals surface area contributed by atoms with Gasteiger partial charge in [0.1, 0.15) is 10.7 Å². The number of primary sulfonamides is 1. The minimum Gasteiger partial charge on any atom is -0.454 e. The van der Waals surface area contributed by atoms with E-state index in [9.17, 15) is 18.5 Å². The molecule has 0 spiro atoms. The Hall–Kier alpha value is -1.91. The molecule has 2 rings (SSSR count). The van der Waals surface area contributed by atoms with E-state index in [4.69, 9.17) is 9.56 Å². The Morgan fingerprint density at radius 1 is 1.32 bits per heavy atom. The number of nitrogens with zero attached hydrogens (tertiary/aromatic N) is 1. The molecule has 0 atom stereocenters. The van der Waals surface area contributed by atoms with Crippen molar-refractivity contribution < 1.29 is 17.8 Å². The highest BCUT2D eigenvalue weighted by molar-refractivity contribution is 9.10. The number of non-ortho nitro benzene ring substituents is 1. The molecule has 3 N–H and O–H groups in total. The zero-order chi connectivity index (χ0) is 16.3. The number of hydrogen-bond donors (Lipinski definition) is 2. The summed E-state index contributed by atoms with van der Waals surface area (Å²) < 4.78 is 29.0. The van der Waals surface area contributed by atoms with Crippen LogP contribution in [0, 0.1) is 10.1 Å². The van der Waals surface area contributed by atoms with Gasteiger partial charge >= 0.3 is 0 Å². The lowest BCUT2D eigenvalue weighted by molar-refractivity contribution is -0.385. The number of furan rings is 1. The summed E-state index contributed by atoms with van der Waals surface area (Å²) in [7, 11) is -4.08. The largest absolute Gasteiger partial charge is 0.454 e. The van der Waals surface area contributed by atoms with Gasteiger partial charge in [0.05, 0.1) is 10.6 Å². The number of sulfonamides is 1. The molecule has 0 bridgehead atoms. The first-order valence-electron chi connectivity index (χ1n) is 6.06. The normalized spacial score (nSPS) is 11.4. The third-order valence-electron chi connectivity index (χ3n) is 2.80. The van der Waals surface area contributed by atoms with Crippen molar-refractivity contribution in [2.75, 3.05) is 11.9 Å². The smallest absolute Gasteiger partial charge is 0.270 e. The van der Waals surface area contributed by atoms with E-state index in [1.165, 1.54) is 12.1 Å². The molecule has 1 heterocycles. The summed E-state index contributed by atoms with van der Waals surface area (Å²) in [5.41, 5.74) is -0.136. The number of rotatable bonds is 6. The van der Waals surface area contributed by atoms with Crippen molar-refractivity contribution in [2.24, 2.45) is 5.14 Å². The van der Waals surface area contributed by atoms with Gasteiger partial charge in [-0.2, -0.15) is 0 Å². The maximum absolute atomic E-state index is 11.6. The van der Waals surface area contributed by atoms with Crippen molar-refractivity contribution in [3.63, 3.8) is 0 Å². The summed E-state index contributed by atoms with van der Waals surface area (Å²) in [5, 5.41) is 18.7. The SMILES string of the molecule is NS(=O)(=O)c1cc([N+](=O)[O-])ccc1NCCc1ccc(Br)o1. The molecule has 1 aromatic heterocycles. The number of nitro groups is 1. The van der Waals surface area contributed by atoms with Gasteiger partial charge in [-0.05, 0) is 34.1 Å². The number of anilines is 1. The highest BCUT2D eigenvalue weighted by Gasteiger charge is 2.18. The maximum atomic E-state index is 11.6. The van der Waals surface area contributed by atoms with Crippen LogP contribution in [0.5, 0.6) is 0 Å². The third-order valence-corrected chi connectivity index (χ3v) is 4.18. The molecule has 0 aliphatic rings. The van der Waals surface area contributed by atoms with Gasteiger partial charge in [0.15, 0.2) is 4.67 Å². The lowest BCUT2D eigenvalue weighted by Crippen LogP contribution is -2.16. The Balaban J connectivity index is 2.17. The highest BCUT2D eigenvalue weighted by Crippen LogP contribution is 2.25. The second-order valence-corrected chi connectivity index (χ2v) is 6.68. The van der Waals surface area contributed by atoms with Crippen LogP contribution in [0.15, 0.2) is 44.3 Å². The van der Waals surface area contributed by atoms with Crippen molar-refractivity contribution >= 4 is 37.3 Å². The van der Waals surface area contributed by atoms with Crippen LogP contribution < -0.4 is 10.5 Å². The van der Waals surface area contributed by atoms with Gasteiger partial charge < -0.3 is 9.73 Å². The molecule has 8 nitrogen and oxygen atoms in total. The molecule has 0 radical (unpaired) electrons. The lowest BCUT2D eigenvalue weighted by Gasteiger charge is -2.10. The van der Waals surface area contributed by atoms with Crippen LogP contribution in [0.4, 0.5) is 11.4 Å². The fourth-order valence-electron chi connectivity index (χ4n) is 1.81. The van der Waals surface area contributed by atoms with Crippen LogP contribution in [0.1, 0.15) is 5.76 Å². The lowest BCUT2D eigenvalue weighted by atomic mass is 10.2. The predicted octanol–water partition coefficient (Wildman–Crippen LogP) is 2.25. The van der Waals surface area contributed by atoms with Crippen molar-refractivity contribution in [3.05, 3.63) is 50.9 Å². The summed E-state index contributed by atoms with van der Waals surface area (Å²) in [6.45, 7) is 0.375. The van der Waals surface area contributed by atoms with E-state index >= 15 is 0 Å². The molecule has 0 fully saturated rings. The van der Waals surface area contributed by atoms with Crippen LogP contribution >= 0.6 is 15.9 Å². The highest BCUT2D eigenvalue weighted by atomic mass is 79.9. The molecule has 0 saturated heterocycles. The van der Waals surface area contributed by atoms with Crippen molar-refractivity contribution in [3.8, 4) is 0 Å². The van der Waals surface area contributed by atoms with Crippen molar-refractivity contribution in [2.45, 2.75) is 11.3 Å². The summed E-state index contributed by atoms with van der Waals surface area (Å²) in [6.07, 6.45) is 0.507. The predicted molar refractivity (Wildman–Crippen MR) is 83.1 cm³/mol. The summed E-state index contributed by atoms with van der Waals surface area (Å²) in [5.74, 6) is 0.707. The summed E-state index contributed by atoms with van der Waals surface area (Å²) in [6, 6.07) is 6.98. The van der Waals surface area contributed by atoms with E-state index in [2.05, 4.69) is 21.2 Å². The molecule has 10 heteroatoms. The molecule has 22 heavy (non-hydrogen) atoms. The molecular formula is C12H12BrN3O5S. The number of benzene rings is 1. The van der Waals surface area contributed by atoms with Crippen molar-refractivity contribution in [1.82, 2.24) is 0 Å². The standard InChI is InChI=1S/C12H12BrN3O5S/c13-12-4-2-9(21-12)5-6-15-10-3-1-8(16(17)18)7-11(10)22(14,19)20/h1-4,7,15H,5-6H2,(H2,14,19,20). The third kappa shape index (κ3) is 4.06. The van der Waals surface area contributed by atoms with Gasteiger partial charge in [-0.1, -0.05) is 0 Å². The Bertz CT molecular complexity index is 803. The van der Waals surface area contributed by atoms with Gasteiger partial charge in [-0.15, -0.1) is 0 Å². The van der Waals surface area contributed by atoms with Crippen LogP contribution in [0.2, 0.25) is 0 Å². The fourth-order valence-corrected chi connectivity index (χ4v) is 2.88. The number of nitrogens with one attached hydrogen (secondary N) is 1. The van der Waals surface area contributed by atoms with E-state index < -0.39 is 14.9 Å². The zero-order valence-electron chi connectivity index (χ0n) is 11.2. The molecule has 0 saturated carbocycles. The molecule has 0 amide bonds. The minimum absolute atomic E-state index is 0.207. The van der Waals surface area contributed by atoms with E-state index in [1.807, 2.05) is 0 Å². The minimum atomic E-state index is -4.08. The second-order valence-electron chi connectivity index (χ2n) is 4.37. The maximum Gasteiger partial charge on any atom is 0.270 e. The number of hydrogen-bond acceptors (Lipinski definition) is 6. The van der Waals surface area contributed by atoms with Crippen LogP contribution in [-0.4, -0.2) is 19.9 Å². The topological polar surface area (TPSA) is 128 Å². The number of nitro benzene ring substituents is 1. The monoisotopic (exact) mass is 389 g/mol. The first-order chi connectivity index (χ1) is 10.3. The van der Waals surface area contributed by atoms with Crippen LogP contribution in [0.25, 0.3) is 0 Å². The van der Waals surface area contributed by atoms with Gasteiger partial charge in [0.2, 0.25) is 10.0 Å². The Kier molecular flexibility index (Phi) is 4.84. The van der Waals surface area contributed by atoms with Crippen LogP contribution in [-0.2, 0) is 16.4 Å². The summed E-state index contributed by atoms with van der Waals surface area (Å²) >= 11 is 3.18. The van der Waals surface area contributed by atoms with Gasteiger partial charge in [0, 0.05) is 25.1 Å². The quantitative estimate of drug-likeness (QED) is 0.575. The van der Waals surface area contributed by atoms with Crippen LogP contribution in [0.3, 0.4) is 0 Å². The van der Waals surface area contributed by atoms with E-state index in [0.29, 0.717) is 23.4 Å². The van der Waals surface area contributed by atoms with E-state index in [0.717, 1.165) is 6.07 Å². The molecule has 0 aliphatic carbocycles. The molecule has 118 valence electrons. The van der Waals surface area contributed by atoms with E-state index in [1.54, 1.807) is 12.1 Å². The average Bonchev–Trinajstić information content (AvgIpc) is 2.83. The van der Waals surface area contributed by atoms with E-state index in [-0.39, 0.29) is 16.3 Å². The molecule has 1 aromatic carbocycles. The second kappa shape index (κ2) is 6.46. The fraction of sp³-hybridized carbons (Fsp3) is 0.167. The number of halogens is 1.